The van der Waals surface area contributed by atoms with Crippen molar-refractivity contribution in [2.45, 2.75) is 32.1 Å². The predicted octanol–water partition coefficient (Wildman–Crippen LogP) is 4.41. The van der Waals surface area contributed by atoms with Gasteiger partial charge in [0.25, 0.3) is 0 Å². The number of nitrogens with zero attached hydrogens (tertiary/aromatic N) is 1. The summed E-state index contributed by atoms with van der Waals surface area (Å²) in [5.41, 5.74) is 1.03. The fourth-order valence-corrected chi connectivity index (χ4v) is 2.73. The maximum Gasteiger partial charge on any atom is 0.407 e. The van der Waals surface area contributed by atoms with Crippen molar-refractivity contribution in [1.29, 1.82) is 0 Å². The van der Waals surface area contributed by atoms with Crippen molar-refractivity contribution in [2.24, 2.45) is 0 Å². The van der Waals surface area contributed by atoms with Gasteiger partial charge in [0, 0.05) is 11.1 Å². The molecule has 1 aromatic carbocycles. The van der Waals surface area contributed by atoms with E-state index in [-0.39, 0.29) is 5.56 Å². The van der Waals surface area contributed by atoms with Gasteiger partial charge in [-0.05, 0) is 19.4 Å². The highest BCUT2D eigenvalue weighted by atomic mass is 32.1. The van der Waals surface area contributed by atoms with Gasteiger partial charge in [0.2, 0.25) is 0 Å². The van der Waals surface area contributed by atoms with Crippen LogP contribution in [0.25, 0.3) is 0 Å². The summed E-state index contributed by atoms with van der Waals surface area (Å²) in [5.74, 6) is 0. The first-order chi connectivity index (χ1) is 9.38. The molecule has 0 saturated heterocycles. The zero-order chi connectivity index (χ0) is 14.8. The van der Waals surface area contributed by atoms with Gasteiger partial charge in [-0.15, -0.1) is 11.3 Å². The first-order valence-corrected chi connectivity index (χ1v) is 7.05. The van der Waals surface area contributed by atoms with E-state index in [0.29, 0.717) is 5.01 Å². The molecule has 0 saturated carbocycles. The van der Waals surface area contributed by atoms with Gasteiger partial charge >= 0.3 is 6.18 Å². The second-order valence-corrected chi connectivity index (χ2v) is 5.49. The van der Waals surface area contributed by atoms with E-state index in [1.54, 1.807) is 25.1 Å². The van der Waals surface area contributed by atoms with Crippen molar-refractivity contribution in [2.75, 3.05) is 0 Å². The summed E-state index contributed by atoms with van der Waals surface area (Å²) in [6, 6.07) is 5.71. The molecule has 0 aliphatic carbocycles. The summed E-state index contributed by atoms with van der Waals surface area (Å²) >= 11 is 1.36. The van der Waals surface area contributed by atoms with E-state index in [4.69, 9.17) is 0 Å². The smallest absolute Gasteiger partial charge is 0.294 e. The quantitative estimate of drug-likeness (QED) is 0.905. The lowest BCUT2D eigenvalue weighted by molar-refractivity contribution is -0.159. The number of aromatic nitrogens is 1. The first kappa shape index (κ1) is 15.0. The maximum atomic E-state index is 13.2. The fourth-order valence-electron chi connectivity index (χ4n) is 1.92. The van der Waals surface area contributed by atoms with Crippen LogP contribution in [0.1, 0.15) is 35.3 Å². The van der Waals surface area contributed by atoms with Crippen molar-refractivity contribution in [3.05, 3.63) is 52.0 Å². The zero-order valence-corrected chi connectivity index (χ0v) is 11.9. The molecule has 0 amide bonds. The summed E-state index contributed by atoms with van der Waals surface area (Å²) in [6.07, 6.45) is -4.35. The lowest BCUT2D eigenvalue weighted by Gasteiger charge is -2.25. The lowest BCUT2D eigenvalue weighted by Crippen LogP contribution is -2.35. The molecule has 0 fully saturated rings. The maximum absolute atomic E-state index is 13.2. The Morgan fingerprint density at radius 2 is 1.85 bits per heavy atom. The summed E-state index contributed by atoms with van der Waals surface area (Å²) in [7, 11) is 0. The number of thiazole rings is 1. The van der Waals surface area contributed by atoms with Gasteiger partial charge in [0.15, 0.2) is 0 Å². The molecule has 2 nitrogen and oxygen atoms in total. The fraction of sp³-hybridized carbons (Fsp3) is 0.357. The molecule has 20 heavy (non-hydrogen) atoms. The Kier molecular flexibility index (Phi) is 4.45. The summed E-state index contributed by atoms with van der Waals surface area (Å²) in [5, 5.41) is 5.12. The molecule has 1 aromatic heterocycles. The number of aryl methyl sites for hydroxylation is 1. The number of alkyl halides is 3. The first-order valence-electron chi connectivity index (χ1n) is 6.17. The SMILES string of the molecule is Cc1csc(C(C)NC(c2ccccc2)C(F)(F)F)n1. The van der Waals surface area contributed by atoms with Gasteiger partial charge in [-0.3, -0.25) is 5.32 Å². The average molecular weight is 300 g/mol. The van der Waals surface area contributed by atoms with E-state index in [9.17, 15) is 13.2 Å². The third kappa shape index (κ3) is 3.58. The molecule has 6 heteroatoms. The topological polar surface area (TPSA) is 24.9 Å². The molecule has 0 radical (unpaired) electrons. The molecule has 2 atom stereocenters. The molecule has 0 aliphatic heterocycles. The van der Waals surface area contributed by atoms with E-state index in [2.05, 4.69) is 10.3 Å². The Morgan fingerprint density at radius 3 is 2.35 bits per heavy atom. The van der Waals surface area contributed by atoms with Crippen LogP contribution in [0.2, 0.25) is 0 Å². The van der Waals surface area contributed by atoms with Crippen LogP contribution < -0.4 is 5.32 Å². The van der Waals surface area contributed by atoms with Crippen LogP contribution in [-0.4, -0.2) is 11.2 Å². The molecule has 1 N–H and O–H groups in total. The Hall–Kier alpha value is -1.40. The van der Waals surface area contributed by atoms with Crippen molar-refractivity contribution < 1.29 is 13.2 Å². The van der Waals surface area contributed by atoms with Gasteiger partial charge in [0.1, 0.15) is 11.0 Å². The molecule has 2 unspecified atom stereocenters. The normalized spacial score (nSPS) is 15.1. The molecule has 2 aromatic rings. The molecule has 0 spiro atoms. The predicted molar refractivity (Wildman–Crippen MR) is 73.6 cm³/mol. The molecule has 2 rings (SSSR count). The molecule has 0 bridgehead atoms. The molecule has 1 heterocycles. The molecule has 108 valence electrons. The Morgan fingerprint density at radius 1 is 1.20 bits per heavy atom. The Bertz CT molecular complexity index is 551. The minimum atomic E-state index is -4.35. The van der Waals surface area contributed by atoms with Crippen LogP contribution in [0, 0.1) is 6.92 Å². The van der Waals surface area contributed by atoms with Crippen molar-refractivity contribution >= 4 is 11.3 Å². The van der Waals surface area contributed by atoms with Crippen LogP contribution in [0.15, 0.2) is 35.7 Å². The lowest BCUT2D eigenvalue weighted by atomic mass is 10.1. The Balaban J connectivity index is 2.21. The third-order valence-corrected chi connectivity index (χ3v) is 4.03. The van der Waals surface area contributed by atoms with Crippen molar-refractivity contribution in [3.8, 4) is 0 Å². The van der Waals surface area contributed by atoms with Crippen LogP contribution in [0.5, 0.6) is 0 Å². The highest BCUT2D eigenvalue weighted by Gasteiger charge is 2.41. The zero-order valence-electron chi connectivity index (χ0n) is 11.1. The van der Waals surface area contributed by atoms with Crippen LogP contribution in [0.3, 0.4) is 0 Å². The number of rotatable bonds is 4. The van der Waals surface area contributed by atoms with Gasteiger partial charge in [0.05, 0.1) is 6.04 Å². The summed E-state index contributed by atoms with van der Waals surface area (Å²) in [6.45, 7) is 3.52. The van der Waals surface area contributed by atoms with Crippen molar-refractivity contribution in [3.63, 3.8) is 0 Å². The van der Waals surface area contributed by atoms with E-state index in [1.807, 2.05) is 12.3 Å². The monoisotopic (exact) mass is 300 g/mol. The van der Waals surface area contributed by atoms with Gasteiger partial charge in [-0.1, -0.05) is 30.3 Å². The highest BCUT2D eigenvalue weighted by Crippen LogP contribution is 2.34. The molecular weight excluding hydrogens is 285 g/mol. The van der Waals surface area contributed by atoms with Crippen LogP contribution in [0.4, 0.5) is 13.2 Å². The minimum absolute atomic E-state index is 0.208. The largest absolute Gasteiger partial charge is 0.407 e. The summed E-state index contributed by atoms with van der Waals surface area (Å²) in [4.78, 5) is 4.23. The van der Waals surface area contributed by atoms with E-state index in [1.165, 1.54) is 23.5 Å². The second-order valence-electron chi connectivity index (χ2n) is 4.60. The standard InChI is InChI=1S/C14H15F3N2S/c1-9-8-20-13(18-9)10(2)19-12(14(15,16)17)11-6-4-3-5-7-11/h3-8,10,12,19H,1-2H3. The third-order valence-electron chi connectivity index (χ3n) is 2.88. The van der Waals surface area contributed by atoms with Gasteiger partial charge in [-0.25, -0.2) is 4.98 Å². The highest BCUT2D eigenvalue weighted by molar-refractivity contribution is 7.09. The molecular formula is C14H15F3N2S. The van der Waals surface area contributed by atoms with Crippen LogP contribution in [-0.2, 0) is 0 Å². The minimum Gasteiger partial charge on any atom is -0.294 e. The van der Waals surface area contributed by atoms with E-state index >= 15 is 0 Å². The van der Waals surface area contributed by atoms with Gasteiger partial charge < -0.3 is 0 Å². The number of benzene rings is 1. The number of halogens is 3. The van der Waals surface area contributed by atoms with Crippen LogP contribution >= 0.6 is 11.3 Å². The van der Waals surface area contributed by atoms with Gasteiger partial charge in [-0.2, -0.15) is 13.2 Å². The number of hydrogen-bond acceptors (Lipinski definition) is 3. The average Bonchev–Trinajstić information content (AvgIpc) is 2.82. The van der Waals surface area contributed by atoms with Crippen molar-refractivity contribution in [1.82, 2.24) is 10.3 Å². The number of nitrogens with one attached hydrogen (secondary N) is 1. The molecule has 0 aliphatic rings. The van der Waals surface area contributed by atoms with E-state index in [0.717, 1.165) is 5.69 Å². The number of hydrogen-bond donors (Lipinski definition) is 1. The Labute approximate surface area is 119 Å². The second kappa shape index (κ2) is 5.93. The summed E-state index contributed by atoms with van der Waals surface area (Å²) < 4.78 is 39.6. The van der Waals surface area contributed by atoms with E-state index < -0.39 is 18.3 Å².